The molecule has 0 aliphatic carbocycles. The van der Waals surface area contributed by atoms with Crippen LogP contribution in [0.2, 0.25) is 0 Å². The van der Waals surface area contributed by atoms with Crippen molar-refractivity contribution >= 4 is 17.5 Å². The zero-order chi connectivity index (χ0) is 18.4. The van der Waals surface area contributed by atoms with Crippen LogP contribution in [0.1, 0.15) is 19.3 Å². The number of likely N-dealkylation sites (tertiary alicyclic amines) is 1. The van der Waals surface area contributed by atoms with Crippen LogP contribution >= 0.6 is 0 Å². The molecule has 0 radical (unpaired) electrons. The molecule has 26 heavy (non-hydrogen) atoms. The van der Waals surface area contributed by atoms with Gasteiger partial charge < -0.3 is 15.2 Å². The maximum atomic E-state index is 12.1. The summed E-state index contributed by atoms with van der Waals surface area (Å²) < 4.78 is 5.78. The van der Waals surface area contributed by atoms with Gasteiger partial charge in [0.2, 0.25) is 0 Å². The van der Waals surface area contributed by atoms with Crippen LogP contribution in [0.3, 0.4) is 0 Å². The lowest BCUT2D eigenvalue weighted by molar-refractivity contribution is -0.137. The average molecular weight is 359 g/mol. The topological polar surface area (TPSA) is 82.1 Å². The second-order valence-electron chi connectivity index (χ2n) is 6.48. The van der Waals surface area contributed by atoms with Crippen molar-refractivity contribution in [2.24, 2.45) is 0 Å². The highest BCUT2D eigenvalue weighted by molar-refractivity contribution is 6.17. The van der Waals surface area contributed by atoms with Crippen molar-refractivity contribution in [3.63, 3.8) is 0 Å². The Labute approximate surface area is 153 Å². The largest absolute Gasteiger partial charge is 0.492 e. The minimum atomic E-state index is -0.425. The van der Waals surface area contributed by atoms with Gasteiger partial charge in [-0.05, 0) is 50.2 Å². The van der Waals surface area contributed by atoms with E-state index in [9.17, 15) is 9.59 Å². The van der Waals surface area contributed by atoms with Gasteiger partial charge in [0.25, 0.3) is 11.8 Å². The molecule has 2 heterocycles. The van der Waals surface area contributed by atoms with E-state index in [4.69, 9.17) is 9.84 Å². The Morgan fingerprint density at radius 3 is 2.46 bits per heavy atom. The van der Waals surface area contributed by atoms with Crippen molar-refractivity contribution in [1.29, 1.82) is 0 Å². The van der Waals surface area contributed by atoms with Gasteiger partial charge in [-0.3, -0.25) is 19.4 Å². The molecule has 1 saturated heterocycles. The number of aliphatic hydroxyl groups is 1. The third-order valence-corrected chi connectivity index (χ3v) is 4.59. The summed E-state index contributed by atoms with van der Waals surface area (Å²) in [6.07, 6.45) is 5.12. The van der Waals surface area contributed by atoms with Gasteiger partial charge >= 0.3 is 0 Å². The number of carbonyl (C=O) groups is 2. The van der Waals surface area contributed by atoms with Gasteiger partial charge in [-0.2, -0.15) is 0 Å². The number of benzene rings is 1. The van der Waals surface area contributed by atoms with Gasteiger partial charge in [-0.15, -0.1) is 0 Å². The van der Waals surface area contributed by atoms with Crippen LogP contribution in [-0.4, -0.2) is 66.1 Å². The van der Waals surface area contributed by atoms with Crippen molar-refractivity contribution < 1.29 is 19.4 Å². The third-order valence-electron chi connectivity index (χ3n) is 4.59. The van der Waals surface area contributed by atoms with E-state index >= 15 is 0 Å². The summed E-state index contributed by atoms with van der Waals surface area (Å²) in [5, 5.41) is 11.9. The Hall–Kier alpha value is -2.38. The van der Waals surface area contributed by atoms with E-state index in [2.05, 4.69) is 10.2 Å². The van der Waals surface area contributed by atoms with E-state index in [1.807, 2.05) is 24.3 Å². The molecule has 1 fully saturated rings. The quantitative estimate of drug-likeness (QED) is 0.679. The number of β-amino-alcohol motifs (C(OH)–C–C–N with tert-alkyl or cyclic N) is 1. The summed E-state index contributed by atoms with van der Waals surface area (Å²) in [7, 11) is 0. The standard InChI is InChI=1S/C19H25N3O4/c23-12-10-22-18(24)14-17(19(22)25)20-15-4-6-16(7-5-15)26-13-11-21-8-2-1-3-9-21/h4-7,14,20,23H,1-3,8-13H2. The Balaban J connectivity index is 1.48. The first-order valence-electron chi connectivity index (χ1n) is 9.08. The van der Waals surface area contributed by atoms with Crippen molar-refractivity contribution in [1.82, 2.24) is 9.80 Å². The van der Waals surface area contributed by atoms with E-state index in [1.54, 1.807) is 0 Å². The van der Waals surface area contributed by atoms with Crippen molar-refractivity contribution in [3.8, 4) is 5.75 Å². The van der Waals surface area contributed by atoms with Gasteiger partial charge in [0.15, 0.2) is 0 Å². The molecule has 0 bridgehead atoms. The second kappa shape index (κ2) is 8.82. The zero-order valence-corrected chi connectivity index (χ0v) is 14.8. The molecule has 1 aromatic carbocycles. The molecule has 2 N–H and O–H groups in total. The molecule has 0 aromatic heterocycles. The fraction of sp³-hybridized carbons (Fsp3) is 0.474. The van der Waals surface area contributed by atoms with E-state index < -0.39 is 11.8 Å². The lowest BCUT2D eigenvalue weighted by atomic mass is 10.1. The predicted molar refractivity (Wildman–Crippen MR) is 97.7 cm³/mol. The van der Waals surface area contributed by atoms with Crippen LogP contribution in [-0.2, 0) is 9.59 Å². The summed E-state index contributed by atoms with van der Waals surface area (Å²) >= 11 is 0. The number of nitrogens with zero attached hydrogens (tertiary/aromatic N) is 2. The number of anilines is 1. The first kappa shape index (κ1) is 18.4. The van der Waals surface area contributed by atoms with Crippen LogP contribution in [0.25, 0.3) is 0 Å². The molecule has 2 aliphatic heterocycles. The third kappa shape index (κ3) is 4.62. The maximum absolute atomic E-state index is 12.1. The van der Waals surface area contributed by atoms with E-state index in [0.29, 0.717) is 12.3 Å². The number of rotatable bonds is 8. The lowest BCUT2D eigenvalue weighted by Gasteiger charge is -2.26. The molecular weight excluding hydrogens is 334 g/mol. The number of ether oxygens (including phenoxy) is 1. The van der Waals surface area contributed by atoms with Crippen molar-refractivity contribution in [2.45, 2.75) is 19.3 Å². The fourth-order valence-electron chi connectivity index (χ4n) is 3.18. The summed E-state index contributed by atoms with van der Waals surface area (Å²) in [4.78, 5) is 27.3. The normalized spacial score (nSPS) is 18.2. The summed E-state index contributed by atoms with van der Waals surface area (Å²) in [6, 6.07) is 7.30. The number of amides is 2. The van der Waals surface area contributed by atoms with E-state index in [1.165, 1.54) is 25.3 Å². The molecule has 0 spiro atoms. The Morgan fingerprint density at radius 1 is 1.04 bits per heavy atom. The molecule has 0 unspecified atom stereocenters. The fourth-order valence-corrected chi connectivity index (χ4v) is 3.18. The Morgan fingerprint density at radius 2 is 1.77 bits per heavy atom. The number of aliphatic hydroxyl groups excluding tert-OH is 1. The van der Waals surface area contributed by atoms with Crippen molar-refractivity contribution in [2.75, 3.05) is 44.7 Å². The van der Waals surface area contributed by atoms with Gasteiger partial charge in [0.05, 0.1) is 13.2 Å². The second-order valence-corrected chi connectivity index (χ2v) is 6.48. The summed E-state index contributed by atoms with van der Waals surface area (Å²) in [5.74, 6) is -0.0626. The number of nitrogens with one attached hydrogen (secondary N) is 1. The predicted octanol–water partition coefficient (Wildman–Crippen LogP) is 1.21. The smallest absolute Gasteiger partial charge is 0.277 e. The number of carbonyl (C=O) groups excluding carboxylic acids is 2. The average Bonchev–Trinajstić information content (AvgIpc) is 2.92. The van der Waals surface area contributed by atoms with Gasteiger partial charge in [-0.25, -0.2) is 0 Å². The van der Waals surface area contributed by atoms with Crippen molar-refractivity contribution in [3.05, 3.63) is 36.0 Å². The van der Waals surface area contributed by atoms with E-state index in [-0.39, 0.29) is 18.8 Å². The molecule has 140 valence electrons. The highest BCUT2D eigenvalue weighted by atomic mass is 16.5. The maximum Gasteiger partial charge on any atom is 0.277 e. The van der Waals surface area contributed by atoms with Gasteiger partial charge in [0, 0.05) is 18.3 Å². The lowest BCUT2D eigenvalue weighted by Crippen LogP contribution is -2.34. The first-order valence-corrected chi connectivity index (χ1v) is 9.08. The minimum absolute atomic E-state index is 0.00312. The number of piperidine rings is 1. The molecule has 0 saturated carbocycles. The summed E-state index contributed by atoms with van der Waals surface area (Å²) in [6.45, 7) is 3.65. The highest BCUT2D eigenvalue weighted by Gasteiger charge is 2.30. The van der Waals surface area contributed by atoms with Gasteiger partial charge in [0.1, 0.15) is 18.1 Å². The number of hydrogen-bond acceptors (Lipinski definition) is 6. The van der Waals surface area contributed by atoms with Crippen LogP contribution in [0.5, 0.6) is 5.75 Å². The molecule has 7 nitrogen and oxygen atoms in total. The number of imide groups is 1. The van der Waals surface area contributed by atoms with Crippen LogP contribution < -0.4 is 10.1 Å². The van der Waals surface area contributed by atoms with Crippen LogP contribution in [0, 0.1) is 0 Å². The monoisotopic (exact) mass is 359 g/mol. The minimum Gasteiger partial charge on any atom is -0.492 e. The van der Waals surface area contributed by atoms with Crippen LogP contribution in [0.4, 0.5) is 5.69 Å². The number of hydrogen-bond donors (Lipinski definition) is 2. The van der Waals surface area contributed by atoms with Gasteiger partial charge in [-0.1, -0.05) is 6.42 Å². The highest BCUT2D eigenvalue weighted by Crippen LogP contribution is 2.20. The summed E-state index contributed by atoms with van der Waals surface area (Å²) in [5.41, 5.74) is 0.911. The molecular formula is C19H25N3O4. The Kier molecular flexibility index (Phi) is 6.25. The molecule has 0 atom stereocenters. The van der Waals surface area contributed by atoms with E-state index in [0.717, 1.165) is 30.3 Å². The zero-order valence-electron chi connectivity index (χ0n) is 14.8. The molecule has 7 heteroatoms. The molecule has 2 amide bonds. The molecule has 1 aromatic rings. The Bertz CT molecular complexity index is 666. The molecule has 3 rings (SSSR count). The molecule has 2 aliphatic rings. The first-order chi connectivity index (χ1) is 12.7. The SMILES string of the molecule is O=C1C=C(Nc2ccc(OCCN3CCCCC3)cc2)C(=O)N1CCO. The van der Waals surface area contributed by atoms with Crippen LogP contribution in [0.15, 0.2) is 36.0 Å².